The summed E-state index contributed by atoms with van der Waals surface area (Å²) in [4.78, 5) is 21.5. The van der Waals surface area contributed by atoms with Crippen LogP contribution in [0.15, 0.2) is 53.1 Å². The number of anilines is 1. The third kappa shape index (κ3) is 5.48. The zero-order chi connectivity index (χ0) is 22.5. The minimum absolute atomic E-state index is 0.256. The number of para-hydroxylation sites is 1. The van der Waals surface area contributed by atoms with E-state index >= 15 is 0 Å². The molecule has 7 nitrogen and oxygen atoms in total. The molecule has 2 aromatic carbocycles. The lowest BCUT2D eigenvalue weighted by molar-refractivity contribution is 0.102. The van der Waals surface area contributed by atoms with Crippen LogP contribution in [-0.2, 0) is 13.1 Å². The second-order valence-corrected chi connectivity index (χ2v) is 8.32. The molecule has 1 fully saturated rings. The number of ether oxygens (including phenoxy) is 1. The Balaban J connectivity index is 1.28. The summed E-state index contributed by atoms with van der Waals surface area (Å²) >= 11 is 6.13. The average molecular weight is 455 g/mol. The van der Waals surface area contributed by atoms with Crippen LogP contribution >= 0.6 is 11.6 Å². The summed E-state index contributed by atoms with van der Waals surface area (Å²) in [5.74, 6) is 1.14. The smallest absolute Gasteiger partial charge is 0.277 e. The maximum Gasteiger partial charge on any atom is 0.277 e. The summed E-state index contributed by atoms with van der Waals surface area (Å²) in [5.41, 5.74) is 3.03. The van der Waals surface area contributed by atoms with Crippen molar-refractivity contribution >= 4 is 23.2 Å². The van der Waals surface area contributed by atoms with Gasteiger partial charge in [0.2, 0.25) is 5.89 Å². The lowest BCUT2D eigenvalue weighted by atomic mass is 10.1. The number of benzene rings is 2. The first-order valence-corrected chi connectivity index (χ1v) is 11.0. The van der Waals surface area contributed by atoms with Gasteiger partial charge in [-0.05, 0) is 30.7 Å². The highest BCUT2D eigenvalue weighted by atomic mass is 35.5. The Morgan fingerprint density at radius 2 is 1.84 bits per heavy atom. The SMILES string of the molecule is COc1ccccc1CN1CCN(Cc2nc(C(=O)Nc3ccc(C)c(Cl)c3)co2)CC1. The number of nitrogens with one attached hydrogen (secondary N) is 1. The summed E-state index contributed by atoms with van der Waals surface area (Å²) in [5, 5.41) is 3.41. The van der Waals surface area contributed by atoms with Crippen molar-refractivity contribution in [1.82, 2.24) is 14.8 Å². The largest absolute Gasteiger partial charge is 0.496 e. The van der Waals surface area contributed by atoms with Crippen LogP contribution in [0.1, 0.15) is 27.5 Å². The quantitative estimate of drug-likeness (QED) is 0.576. The van der Waals surface area contributed by atoms with Crippen LogP contribution in [0.3, 0.4) is 0 Å². The van der Waals surface area contributed by atoms with Crippen LogP contribution in [0.5, 0.6) is 5.75 Å². The third-order valence-corrected chi connectivity index (χ3v) is 6.03. The van der Waals surface area contributed by atoms with Gasteiger partial charge < -0.3 is 14.5 Å². The zero-order valence-electron chi connectivity index (χ0n) is 18.3. The molecule has 168 valence electrons. The highest BCUT2D eigenvalue weighted by Gasteiger charge is 2.21. The van der Waals surface area contributed by atoms with Gasteiger partial charge in [-0.15, -0.1) is 0 Å². The molecular weight excluding hydrogens is 428 g/mol. The number of piperazine rings is 1. The Labute approximate surface area is 192 Å². The summed E-state index contributed by atoms with van der Waals surface area (Å²) in [7, 11) is 1.71. The van der Waals surface area contributed by atoms with Gasteiger partial charge in [0.25, 0.3) is 5.91 Å². The number of carbonyl (C=O) groups excluding carboxylic acids is 1. The fraction of sp³-hybridized carbons (Fsp3) is 0.333. The number of aryl methyl sites for hydroxylation is 1. The lowest BCUT2D eigenvalue weighted by Crippen LogP contribution is -2.45. The summed E-state index contributed by atoms with van der Waals surface area (Å²) < 4.78 is 11.0. The van der Waals surface area contributed by atoms with E-state index in [0.29, 0.717) is 23.1 Å². The fourth-order valence-electron chi connectivity index (χ4n) is 3.72. The van der Waals surface area contributed by atoms with Crippen molar-refractivity contribution in [3.63, 3.8) is 0 Å². The molecule has 1 aromatic heterocycles. The minimum atomic E-state index is -0.318. The van der Waals surface area contributed by atoms with E-state index in [4.69, 9.17) is 20.8 Å². The highest BCUT2D eigenvalue weighted by molar-refractivity contribution is 6.31. The topological polar surface area (TPSA) is 70.8 Å². The monoisotopic (exact) mass is 454 g/mol. The van der Waals surface area contributed by atoms with Gasteiger partial charge in [0.1, 0.15) is 12.0 Å². The number of methoxy groups -OCH3 is 1. The predicted octanol–water partition coefficient (Wildman–Crippen LogP) is 4.22. The van der Waals surface area contributed by atoms with Crippen molar-refractivity contribution < 1.29 is 13.9 Å². The molecule has 4 rings (SSSR count). The molecule has 0 radical (unpaired) electrons. The molecule has 2 heterocycles. The predicted molar refractivity (Wildman–Crippen MR) is 124 cm³/mol. The number of halogens is 1. The Morgan fingerprint density at radius 3 is 2.56 bits per heavy atom. The standard InChI is InChI=1S/C24H27ClN4O3/c1-17-7-8-19(13-20(17)25)26-24(30)21-16-32-23(27-21)15-29-11-9-28(10-12-29)14-18-5-3-4-6-22(18)31-2/h3-8,13,16H,9-12,14-15H2,1-2H3,(H,26,30). The number of aromatic nitrogens is 1. The van der Waals surface area contributed by atoms with Crippen molar-refractivity contribution in [3.8, 4) is 5.75 Å². The van der Waals surface area contributed by atoms with Crippen LogP contribution in [0, 0.1) is 6.92 Å². The molecular formula is C24H27ClN4O3. The Kier molecular flexibility index (Phi) is 7.09. The van der Waals surface area contributed by atoms with Crippen molar-refractivity contribution in [2.45, 2.75) is 20.0 Å². The molecule has 8 heteroatoms. The van der Waals surface area contributed by atoms with Gasteiger partial charge in [-0.25, -0.2) is 4.98 Å². The first-order chi connectivity index (χ1) is 15.5. The molecule has 1 saturated heterocycles. The van der Waals surface area contributed by atoms with Gasteiger partial charge in [0.15, 0.2) is 5.69 Å². The number of carbonyl (C=O) groups is 1. The zero-order valence-corrected chi connectivity index (χ0v) is 19.1. The van der Waals surface area contributed by atoms with Crippen molar-refractivity contribution in [2.24, 2.45) is 0 Å². The third-order valence-electron chi connectivity index (χ3n) is 5.62. The number of hydrogen-bond donors (Lipinski definition) is 1. The lowest BCUT2D eigenvalue weighted by Gasteiger charge is -2.34. The van der Waals surface area contributed by atoms with Crippen LogP contribution in [0.25, 0.3) is 0 Å². The molecule has 0 spiro atoms. The van der Waals surface area contributed by atoms with E-state index in [1.165, 1.54) is 11.8 Å². The van der Waals surface area contributed by atoms with E-state index < -0.39 is 0 Å². The van der Waals surface area contributed by atoms with E-state index in [-0.39, 0.29) is 11.6 Å². The number of amides is 1. The van der Waals surface area contributed by atoms with E-state index in [0.717, 1.165) is 44.0 Å². The Bertz CT molecular complexity index is 1080. The molecule has 0 unspecified atom stereocenters. The van der Waals surface area contributed by atoms with Crippen molar-refractivity contribution in [2.75, 3.05) is 38.6 Å². The first-order valence-electron chi connectivity index (χ1n) is 10.6. The van der Waals surface area contributed by atoms with Crippen LogP contribution in [-0.4, -0.2) is 54.0 Å². The van der Waals surface area contributed by atoms with Gasteiger partial charge in [-0.2, -0.15) is 0 Å². The molecule has 0 bridgehead atoms. The van der Waals surface area contributed by atoms with E-state index in [1.54, 1.807) is 13.2 Å². The van der Waals surface area contributed by atoms with Crippen LogP contribution < -0.4 is 10.1 Å². The average Bonchev–Trinajstić information content (AvgIpc) is 3.27. The van der Waals surface area contributed by atoms with Crippen molar-refractivity contribution in [1.29, 1.82) is 0 Å². The summed E-state index contributed by atoms with van der Waals surface area (Å²) in [6, 6.07) is 13.5. The minimum Gasteiger partial charge on any atom is -0.496 e. The second-order valence-electron chi connectivity index (χ2n) is 7.91. The Hall–Kier alpha value is -2.87. The summed E-state index contributed by atoms with van der Waals surface area (Å²) in [6.07, 6.45) is 1.40. The number of hydrogen-bond acceptors (Lipinski definition) is 6. The molecule has 3 aromatic rings. The van der Waals surface area contributed by atoms with E-state index in [9.17, 15) is 4.79 Å². The molecule has 1 amide bonds. The Morgan fingerprint density at radius 1 is 1.12 bits per heavy atom. The molecule has 1 aliphatic heterocycles. The molecule has 1 aliphatic rings. The second kappa shape index (κ2) is 10.2. The molecule has 0 atom stereocenters. The van der Waals surface area contributed by atoms with Gasteiger partial charge >= 0.3 is 0 Å². The fourth-order valence-corrected chi connectivity index (χ4v) is 3.91. The van der Waals surface area contributed by atoms with Gasteiger partial charge in [-0.1, -0.05) is 35.9 Å². The molecule has 0 aliphatic carbocycles. The first kappa shape index (κ1) is 22.3. The normalized spacial score (nSPS) is 15.0. The number of nitrogens with zero attached hydrogens (tertiary/aromatic N) is 3. The molecule has 0 saturated carbocycles. The van der Waals surface area contributed by atoms with Gasteiger partial charge in [0.05, 0.1) is 13.7 Å². The molecule has 32 heavy (non-hydrogen) atoms. The maximum atomic E-state index is 12.5. The summed E-state index contributed by atoms with van der Waals surface area (Å²) in [6.45, 7) is 7.05. The van der Waals surface area contributed by atoms with Gasteiger partial charge in [0, 0.05) is 49.0 Å². The van der Waals surface area contributed by atoms with E-state index in [2.05, 4.69) is 26.2 Å². The van der Waals surface area contributed by atoms with Crippen LogP contribution in [0.4, 0.5) is 5.69 Å². The van der Waals surface area contributed by atoms with Crippen LogP contribution in [0.2, 0.25) is 5.02 Å². The van der Waals surface area contributed by atoms with Gasteiger partial charge in [-0.3, -0.25) is 14.6 Å². The van der Waals surface area contributed by atoms with E-state index in [1.807, 2.05) is 37.3 Å². The van der Waals surface area contributed by atoms with Crippen molar-refractivity contribution in [3.05, 3.63) is 76.5 Å². The number of rotatable bonds is 7. The molecule has 1 N–H and O–H groups in total. The highest BCUT2D eigenvalue weighted by Crippen LogP contribution is 2.22. The maximum absolute atomic E-state index is 12.5. The number of oxazole rings is 1.